The minimum Gasteiger partial charge on any atom is -0.469 e. The topological polar surface area (TPSA) is 72.4 Å². The Labute approximate surface area is 110 Å². The van der Waals surface area contributed by atoms with Gasteiger partial charge in [0.15, 0.2) is 0 Å². The van der Waals surface area contributed by atoms with Crippen LogP contribution in [0.5, 0.6) is 0 Å². The summed E-state index contributed by atoms with van der Waals surface area (Å²) in [6.07, 6.45) is 0.871. The zero-order valence-corrected chi connectivity index (χ0v) is 11.6. The number of hydrogen-bond acceptors (Lipinski definition) is 6. The molecule has 1 rings (SSSR count). The molecule has 0 saturated carbocycles. The number of aromatic nitrogens is 2. The molecule has 0 atom stereocenters. The second-order valence-corrected chi connectivity index (χ2v) is 4.37. The first-order valence-electron chi connectivity index (χ1n) is 5.81. The Bertz CT molecular complexity index is 419. The largest absolute Gasteiger partial charge is 0.469 e. The van der Waals surface area contributed by atoms with E-state index < -0.39 is 0 Å². The normalized spacial score (nSPS) is 10.2. The number of amides is 1. The molecule has 0 radical (unpaired) electrons. The van der Waals surface area contributed by atoms with E-state index in [2.05, 4.69) is 14.3 Å². The summed E-state index contributed by atoms with van der Waals surface area (Å²) in [5.74, 6) is -0.437. The van der Waals surface area contributed by atoms with Crippen LogP contribution in [0.2, 0.25) is 0 Å². The quantitative estimate of drug-likeness (QED) is 0.725. The van der Waals surface area contributed by atoms with Crippen LogP contribution in [0.3, 0.4) is 0 Å². The van der Waals surface area contributed by atoms with E-state index in [1.54, 1.807) is 4.90 Å². The van der Waals surface area contributed by atoms with Gasteiger partial charge in [0.05, 0.1) is 19.2 Å². The van der Waals surface area contributed by atoms with Gasteiger partial charge in [-0.25, -0.2) is 0 Å². The number of esters is 1. The van der Waals surface area contributed by atoms with E-state index in [4.69, 9.17) is 0 Å². The molecule has 0 aliphatic rings. The highest BCUT2D eigenvalue weighted by Gasteiger charge is 2.21. The van der Waals surface area contributed by atoms with Gasteiger partial charge in [0.1, 0.15) is 4.88 Å². The third-order valence-corrected chi connectivity index (χ3v) is 3.32. The lowest BCUT2D eigenvalue weighted by molar-refractivity contribution is -0.140. The number of hydrogen-bond donors (Lipinski definition) is 0. The molecule has 1 heterocycles. The first-order chi connectivity index (χ1) is 8.63. The molecule has 0 bridgehead atoms. The summed E-state index contributed by atoms with van der Waals surface area (Å²) in [6, 6.07) is 0. The van der Waals surface area contributed by atoms with E-state index in [9.17, 15) is 9.59 Å². The number of aryl methyl sites for hydroxylation is 1. The Morgan fingerprint density at radius 1 is 1.39 bits per heavy atom. The summed E-state index contributed by atoms with van der Waals surface area (Å²) >= 11 is 1.10. The molecule has 0 fully saturated rings. The molecule has 0 aliphatic heterocycles. The summed E-state index contributed by atoms with van der Waals surface area (Å²) in [7, 11) is 1.34. The number of carbonyl (C=O) groups is 2. The van der Waals surface area contributed by atoms with E-state index in [1.807, 2.05) is 13.8 Å². The Morgan fingerprint density at radius 2 is 2.11 bits per heavy atom. The van der Waals surface area contributed by atoms with Crippen LogP contribution < -0.4 is 0 Å². The Hall–Kier alpha value is -1.50. The van der Waals surface area contributed by atoms with Crippen molar-refractivity contribution in [3.63, 3.8) is 0 Å². The predicted molar refractivity (Wildman–Crippen MR) is 67.5 cm³/mol. The summed E-state index contributed by atoms with van der Waals surface area (Å²) in [5, 5.41) is 3.91. The molecule has 1 aromatic heterocycles. The average molecular weight is 271 g/mol. The molecule has 0 N–H and O–H groups in total. The van der Waals surface area contributed by atoms with Crippen LogP contribution in [0.4, 0.5) is 0 Å². The number of carbonyl (C=O) groups excluding carboxylic acids is 2. The molecule has 18 heavy (non-hydrogen) atoms. The van der Waals surface area contributed by atoms with Gasteiger partial charge >= 0.3 is 5.97 Å². The lowest BCUT2D eigenvalue weighted by atomic mass is 10.2. The van der Waals surface area contributed by atoms with Crippen molar-refractivity contribution in [2.45, 2.75) is 26.7 Å². The lowest BCUT2D eigenvalue weighted by Gasteiger charge is -2.19. The fourth-order valence-electron chi connectivity index (χ4n) is 1.48. The van der Waals surface area contributed by atoms with E-state index in [-0.39, 0.29) is 18.3 Å². The Morgan fingerprint density at radius 3 is 2.67 bits per heavy atom. The van der Waals surface area contributed by atoms with Crippen LogP contribution in [0.25, 0.3) is 0 Å². The Kier molecular flexibility index (Phi) is 5.70. The monoisotopic (exact) mass is 271 g/mol. The molecule has 7 heteroatoms. The number of nitrogens with zero attached hydrogens (tertiary/aromatic N) is 3. The van der Waals surface area contributed by atoms with E-state index in [1.165, 1.54) is 7.11 Å². The van der Waals surface area contributed by atoms with Crippen molar-refractivity contribution in [2.75, 3.05) is 20.2 Å². The van der Waals surface area contributed by atoms with Gasteiger partial charge < -0.3 is 9.64 Å². The van der Waals surface area contributed by atoms with Crippen LogP contribution >= 0.6 is 11.5 Å². The average Bonchev–Trinajstić information content (AvgIpc) is 2.86. The molecule has 6 nitrogen and oxygen atoms in total. The second-order valence-electron chi connectivity index (χ2n) is 3.61. The van der Waals surface area contributed by atoms with Crippen molar-refractivity contribution < 1.29 is 14.3 Å². The van der Waals surface area contributed by atoms with Gasteiger partial charge in [-0.2, -0.15) is 0 Å². The maximum absolute atomic E-state index is 12.2. The van der Waals surface area contributed by atoms with Crippen LogP contribution in [-0.2, 0) is 16.0 Å². The molecule has 1 amide bonds. The Balaban J connectivity index is 2.70. The number of rotatable bonds is 6. The van der Waals surface area contributed by atoms with Crippen molar-refractivity contribution in [3.8, 4) is 0 Å². The molecule has 0 saturated heterocycles. The zero-order valence-electron chi connectivity index (χ0n) is 10.8. The first kappa shape index (κ1) is 14.6. The maximum Gasteiger partial charge on any atom is 0.307 e. The van der Waals surface area contributed by atoms with Crippen LogP contribution in [0.1, 0.15) is 35.6 Å². The fraction of sp³-hybridized carbons (Fsp3) is 0.636. The van der Waals surface area contributed by atoms with Gasteiger partial charge in [0.2, 0.25) is 0 Å². The third kappa shape index (κ3) is 3.49. The maximum atomic E-state index is 12.2. The zero-order chi connectivity index (χ0) is 13.5. The standard InChI is InChI=1S/C11H17N3O3S/c1-4-8-10(18-13-12-8)11(16)14(5-2)7-6-9(15)17-3/h4-7H2,1-3H3. The van der Waals surface area contributed by atoms with Gasteiger partial charge in [-0.1, -0.05) is 11.4 Å². The molecule has 0 aromatic carbocycles. The van der Waals surface area contributed by atoms with Crippen molar-refractivity contribution >= 4 is 23.4 Å². The van der Waals surface area contributed by atoms with Gasteiger partial charge in [-0.15, -0.1) is 5.10 Å². The first-order valence-corrected chi connectivity index (χ1v) is 6.58. The van der Waals surface area contributed by atoms with Gasteiger partial charge in [0, 0.05) is 13.1 Å². The third-order valence-electron chi connectivity index (χ3n) is 2.57. The van der Waals surface area contributed by atoms with Gasteiger partial charge in [-0.05, 0) is 24.9 Å². The van der Waals surface area contributed by atoms with Crippen LogP contribution in [-0.4, -0.2) is 46.6 Å². The number of methoxy groups -OCH3 is 1. The van der Waals surface area contributed by atoms with E-state index in [0.29, 0.717) is 30.1 Å². The number of ether oxygens (including phenoxy) is 1. The molecule has 1 aromatic rings. The highest BCUT2D eigenvalue weighted by molar-refractivity contribution is 7.08. The smallest absolute Gasteiger partial charge is 0.307 e. The van der Waals surface area contributed by atoms with E-state index >= 15 is 0 Å². The summed E-state index contributed by atoms with van der Waals surface area (Å²) in [5.41, 5.74) is 0.710. The van der Waals surface area contributed by atoms with Crippen molar-refractivity contribution in [3.05, 3.63) is 10.6 Å². The fourth-order valence-corrected chi connectivity index (χ4v) is 2.20. The molecule has 100 valence electrons. The van der Waals surface area contributed by atoms with Gasteiger partial charge in [0.25, 0.3) is 5.91 Å². The lowest BCUT2D eigenvalue weighted by Crippen LogP contribution is -2.33. The molecular weight excluding hydrogens is 254 g/mol. The minimum absolute atomic E-state index is 0.117. The second kappa shape index (κ2) is 7.05. The highest BCUT2D eigenvalue weighted by Crippen LogP contribution is 2.14. The van der Waals surface area contributed by atoms with Crippen molar-refractivity contribution in [1.29, 1.82) is 0 Å². The van der Waals surface area contributed by atoms with Crippen molar-refractivity contribution in [2.24, 2.45) is 0 Å². The summed E-state index contributed by atoms with van der Waals surface area (Å²) < 4.78 is 8.36. The van der Waals surface area contributed by atoms with Crippen molar-refractivity contribution in [1.82, 2.24) is 14.5 Å². The SMILES string of the molecule is CCc1nnsc1C(=O)N(CC)CCC(=O)OC. The van der Waals surface area contributed by atoms with Crippen LogP contribution in [0, 0.1) is 0 Å². The van der Waals surface area contributed by atoms with Crippen LogP contribution in [0.15, 0.2) is 0 Å². The van der Waals surface area contributed by atoms with E-state index in [0.717, 1.165) is 11.5 Å². The minimum atomic E-state index is -0.320. The summed E-state index contributed by atoms with van der Waals surface area (Å²) in [6.45, 7) is 4.69. The summed E-state index contributed by atoms with van der Waals surface area (Å²) in [4.78, 5) is 25.5. The highest BCUT2D eigenvalue weighted by atomic mass is 32.1. The molecule has 0 unspecified atom stereocenters. The predicted octanol–water partition coefficient (Wildman–Crippen LogP) is 1.13. The molecular formula is C11H17N3O3S. The molecule has 0 aliphatic carbocycles. The molecule has 0 spiro atoms. The van der Waals surface area contributed by atoms with Gasteiger partial charge in [-0.3, -0.25) is 9.59 Å².